The molecule has 0 atom stereocenters. The smallest absolute Gasteiger partial charge is 0.251 e. The minimum atomic E-state index is -0.0316. The molecule has 1 amide bonds. The van der Waals surface area contributed by atoms with Gasteiger partial charge in [0.25, 0.3) is 5.91 Å². The van der Waals surface area contributed by atoms with Gasteiger partial charge in [-0.05, 0) is 62.4 Å². The SMILES string of the molecule is Cl.NCCCCNC(=O)c1ccc(OCC2CCCCC2)cc1. The lowest BCUT2D eigenvalue weighted by Crippen LogP contribution is -2.24. The number of unbranched alkanes of at least 4 members (excludes halogenated alkanes) is 1. The number of hydrogen-bond donors (Lipinski definition) is 2. The Hall–Kier alpha value is -1.26. The van der Waals surface area contributed by atoms with Crippen LogP contribution in [-0.4, -0.2) is 25.6 Å². The lowest BCUT2D eigenvalue weighted by molar-refractivity contribution is 0.0953. The van der Waals surface area contributed by atoms with E-state index in [-0.39, 0.29) is 18.3 Å². The molecule has 0 heterocycles. The Bertz CT molecular complexity index is 445. The van der Waals surface area contributed by atoms with E-state index in [9.17, 15) is 4.79 Å². The molecule has 1 aliphatic rings. The third-order valence-corrected chi connectivity index (χ3v) is 4.24. The van der Waals surface area contributed by atoms with Gasteiger partial charge in [0.15, 0.2) is 0 Å². The average molecular weight is 341 g/mol. The van der Waals surface area contributed by atoms with Gasteiger partial charge in [0.05, 0.1) is 6.61 Å². The number of nitrogens with one attached hydrogen (secondary N) is 1. The summed E-state index contributed by atoms with van der Waals surface area (Å²) in [7, 11) is 0. The van der Waals surface area contributed by atoms with Crippen molar-refractivity contribution in [2.24, 2.45) is 11.7 Å². The second-order valence-corrected chi connectivity index (χ2v) is 6.09. The van der Waals surface area contributed by atoms with Gasteiger partial charge in [0, 0.05) is 12.1 Å². The molecular formula is C18H29ClN2O2. The largest absolute Gasteiger partial charge is 0.493 e. The number of amides is 1. The number of carbonyl (C=O) groups excluding carboxylic acids is 1. The number of nitrogens with two attached hydrogens (primary N) is 1. The zero-order valence-corrected chi connectivity index (χ0v) is 14.6. The van der Waals surface area contributed by atoms with Crippen LogP contribution in [0.15, 0.2) is 24.3 Å². The van der Waals surface area contributed by atoms with Crippen molar-refractivity contribution in [3.05, 3.63) is 29.8 Å². The number of carbonyl (C=O) groups is 1. The van der Waals surface area contributed by atoms with Crippen molar-refractivity contribution in [3.63, 3.8) is 0 Å². The van der Waals surface area contributed by atoms with Crippen molar-refractivity contribution in [1.29, 1.82) is 0 Å². The molecule has 0 radical (unpaired) electrons. The van der Waals surface area contributed by atoms with Gasteiger partial charge in [-0.1, -0.05) is 19.3 Å². The predicted octanol–water partition coefficient (Wildman–Crippen LogP) is 3.54. The summed E-state index contributed by atoms with van der Waals surface area (Å²) in [4.78, 5) is 11.9. The summed E-state index contributed by atoms with van der Waals surface area (Å²) in [5.41, 5.74) is 6.11. The Morgan fingerprint density at radius 2 is 1.83 bits per heavy atom. The Morgan fingerprint density at radius 1 is 1.13 bits per heavy atom. The number of benzene rings is 1. The molecule has 0 saturated heterocycles. The van der Waals surface area contributed by atoms with Gasteiger partial charge in [-0.15, -0.1) is 12.4 Å². The summed E-state index contributed by atoms with van der Waals surface area (Å²) < 4.78 is 5.85. The minimum absolute atomic E-state index is 0. The van der Waals surface area contributed by atoms with Crippen molar-refractivity contribution >= 4 is 18.3 Å². The first-order chi connectivity index (χ1) is 10.8. The summed E-state index contributed by atoms with van der Waals surface area (Å²) in [6, 6.07) is 7.43. The van der Waals surface area contributed by atoms with E-state index in [1.807, 2.05) is 24.3 Å². The van der Waals surface area contributed by atoms with Gasteiger partial charge in [0.1, 0.15) is 5.75 Å². The lowest BCUT2D eigenvalue weighted by atomic mass is 9.90. The Kier molecular flexibility index (Phi) is 9.72. The zero-order chi connectivity index (χ0) is 15.6. The van der Waals surface area contributed by atoms with E-state index in [1.165, 1.54) is 32.1 Å². The van der Waals surface area contributed by atoms with E-state index in [1.54, 1.807) is 0 Å². The van der Waals surface area contributed by atoms with Gasteiger partial charge < -0.3 is 15.8 Å². The Morgan fingerprint density at radius 3 is 2.48 bits per heavy atom. The molecule has 1 saturated carbocycles. The molecule has 0 aromatic heterocycles. The molecule has 0 spiro atoms. The fourth-order valence-electron chi connectivity index (χ4n) is 2.84. The molecular weight excluding hydrogens is 312 g/mol. The summed E-state index contributed by atoms with van der Waals surface area (Å²) in [6.07, 6.45) is 8.45. The fraction of sp³-hybridized carbons (Fsp3) is 0.611. The Labute approximate surface area is 145 Å². The van der Waals surface area contributed by atoms with Crippen LogP contribution in [0, 0.1) is 5.92 Å². The maximum Gasteiger partial charge on any atom is 0.251 e. The highest BCUT2D eigenvalue weighted by Gasteiger charge is 2.14. The number of halogens is 1. The minimum Gasteiger partial charge on any atom is -0.493 e. The van der Waals surface area contributed by atoms with E-state index in [0.29, 0.717) is 24.6 Å². The maximum absolute atomic E-state index is 11.9. The molecule has 1 fully saturated rings. The van der Waals surface area contributed by atoms with Crippen molar-refractivity contribution in [3.8, 4) is 5.75 Å². The molecule has 0 unspecified atom stereocenters. The van der Waals surface area contributed by atoms with E-state index in [2.05, 4.69) is 5.32 Å². The second-order valence-electron chi connectivity index (χ2n) is 6.09. The van der Waals surface area contributed by atoms with Gasteiger partial charge in [-0.25, -0.2) is 0 Å². The van der Waals surface area contributed by atoms with Crippen molar-refractivity contribution in [1.82, 2.24) is 5.32 Å². The molecule has 5 heteroatoms. The first kappa shape index (κ1) is 19.8. The molecule has 0 bridgehead atoms. The third kappa shape index (κ3) is 7.23. The maximum atomic E-state index is 11.9. The highest BCUT2D eigenvalue weighted by Crippen LogP contribution is 2.24. The first-order valence-electron chi connectivity index (χ1n) is 8.50. The zero-order valence-electron chi connectivity index (χ0n) is 13.8. The number of hydrogen-bond acceptors (Lipinski definition) is 3. The van der Waals surface area contributed by atoms with Gasteiger partial charge >= 0.3 is 0 Å². The molecule has 130 valence electrons. The summed E-state index contributed by atoms with van der Waals surface area (Å²) in [5, 5.41) is 2.90. The molecule has 1 aliphatic carbocycles. The molecule has 4 nitrogen and oxygen atoms in total. The van der Waals surface area contributed by atoms with Crippen LogP contribution in [-0.2, 0) is 0 Å². The van der Waals surface area contributed by atoms with E-state index in [0.717, 1.165) is 25.2 Å². The first-order valence-corrected chi connectivity index (χ1v) is 8.50. The summed E-state index contributed by atoms with van der Waals surface area (Å²) in [5.74, 6) is 1.51. The molecule has 23 heavy (non-hydrogen) atoms. The van der Waals surface area contributed by atoms with Crippen LogP contribution in [0.3, 0.4) is 0 Å². The van der Waals surface area contributed by atoms with Crippen molar-refractivity contribution < 1.29 is 9.53 Å². The van der Waals surface area contributed by atoms with Crippen LogP contribution in [0.1, 0.15) is 55.3 Å². The van der Waals surface area contributed by atoms with Crippen LogP contribution < -0.4 is 15.8 Å². The van der Waals surface area contributed by atoms with Crippen molar-refractivity contribution in [2.75, 3.05) is 19.7 Å². The quantitative estimate of drug-likeness (QED) is 0.711. The number of rotatable bonds is 8. The van der Waals surface area contributed by atoms with Crippen LogP contribution >= 0.6 is 12.4 Å². The van der Waals surface area contributed by atoms with E-state index >= 15 is 0 Å². The van der Waals surface area contributed by atoms with Gasteiger partial charge in [-0.3, -0.25) is 4.79 Å². The van der Waals surface area contributed by atoms with Gasteiger partial charge in [-0.2, -0.15) is 0 Å². The fourth-order valence-corrected chi connectivity index (χ4v) is 2.84. The average Bonchev–Trinajstić information content (AvgIpc) is 2.58. The summed E-state index contributed by atoms with van der Waals surface area (Å²) >= 11 is 0. The van der Waals surface area contributed by atoms with E-state index < -0.39 is 0 Å². The third-order valence-electron chi connectivity index (χ3n) is 4.24. The van der Waals surface area contributed by atoms with Crippen molar-refractivity contribution in [2.45, 2.75) is 44.9 Å². The highest BCUT2D eigenvalue weighted by atomic mass is 35.5. The Balaban J connectivity index is 0.00000264. The second kappa shape index (κ2) is 11.3. The highest BCUT2D eigenvalue weighted by molar-refractivity contribution is 5.94. The monoisotopic (exact) mass is 340 g/mol. The standard InChI is InChI=1S/C18H28N2O2.ClH/c19-12-4-5-13-20-18(21)16-8-10-17(11-9-16)22-14-15-6-2-1-3-7-15;/h8-11,15H,1-7,12-14,19H2,(H,20,21);1H. The van der Waals surface area contributed by atoms with Gasteiger partial charge in [0.2, 0.25) is 0 Å². The van der Waals surface area contributed by atoms with Crippen LogP contribution in [0.25, 0.3) is 0 Å². The predicted molar refractivity (Wildman–Crippen MR) is 96.4 cm³/mol. The molecule has 1 aromatic rings. The molecule has 2 rings (SSSR count). The van der Waals surface area contributed by atoms with E-state index in [4.69, 9.17) is 10.5 Å². The van der Waals surface area contributed by atoms with Crippen LogP contribution in [0.5, 0.6) is 5.75 Å². The molecule has 1 aromatic carbocycles. The number of ether oxygens (including phenoxy) is 1. The topological polar surface area (TPSA) is 64.3 Å². The van der Waals surface area contributed by atoms with Crippen LogP contribution in [0.2, 0.25) is 0 Å². The summed E-state index contributed by atoms with van der Waals surface area (Å²) in [6.45, 7) is 2.14. The molecule has 3 N–H and O–H groups in total. The normalized spacial score (nSPS) is 14.8. The van der Waals surface area contributed by atoms with Crippen LogP contribution in [0.4, 0.5) is 0 Å². The lowest BCUT2D eigenvalue weighted by Gasteiger charge is -2.21. The molecule has 0 aliphatic heterocycles.